The number of nitrogens with one attached hydrogen (secondary N) is 2. The van der Waals surface area contributed by atoms with Gasteiger partial charge < -0.3 is 10.1 Å². The minimum absolute atomic E-state index is 0.312. The van der Waals surface area contributed by atoms with Crippen LogP contribution in [0.5, 0.6) is 0 Å². The average molecular weight is 292 g/mol. The van der Waals surface area contributed by atoms with E-state index in [0.717, 1.165) is 12.2 Å². The molecule has 1 aromatic rings. The summed E-state index contributed by atoms with van der Waals surface area (Å²) < 4.78 is 5.22. The van der Waals surface area contributed by atoms with E-state index in [1.54, 1.807) is 0 Å². The quantitative estimate of drug-likeness (QED) is 0.760. The van der Waals surface area contributed by atoms with Crippen molar-refractivity contribution in [3.63, 3.8) is 0 Å². The Morgan fingerprint density at radius 3 is 2.38 bits per heavy atom. The summed E-state index contributed by atoms with van der Waals surface area (Å²) in [4.78, 5) is 11.7. The van der Waals surface area contributed by atoms with Gasteiger partial charge in [0.1, 0.15) is 5.60 Å². The number of benzene rings is 1. The van der Waals surface area contributed by atoms with Crippen molar-refractivity contribution < 1.29 is 9.53 Å². The monoisotopic (exact) mass is 292 g/mol. The summed E-state index contributed by atoms with van der Waals surface area (Å²) in [5, 5.41) is 6.21. The Balaban J connectivity index is 2.52. The Morgan fingerprint density at radius 2 is 1.86 bits per heavy atom. The van der Waals surface area contributed by atoms with Crippen LogP contribution in [0.2, 0.25) is 0 Å². The summed E-state index contributed by atoms with van der Waals surface area (Å²) >= 11 is 0. The molecule has 1 rings (SSSR count). The van der Waals surface area contributed by atoms with Crippen molar-refractivity contribution in [2.75, 3.05) is 11.9 Å². The van der Waals surface area contributed by atoms with Crippen LogP contribution in [0.25, 0.3) is 0 Å². The van der Waals surface area contributed by atoms with Gasteiger partial charge in [-0.15, -0.1) is 0 Å². The van der Waals surface area contributed by atoms with Crippen LogP contribution < -0.4 is 10.6 Å². The molecule has 0 saturated carbocycles. The predicted octanol–water partition coefficient (Wildman–Crippen LogP) is 4.48. The van der Waals surface area contributed by atoms with Gasteiger partial charge in [0.25, 0.3) is 0 Å². The Hall–Kier alpha value is -1.55. The molecule has 0 spiro atoms. The summed E-state index contributed by atoms with van der Waals surface area (Å²) in [6.07, 6.45) is 1.95. The van der Waals surface area contributed by atoms with Gasteiger partial charge >= 0.3 is 6.09 Å². The summed E-state index contributed by atoms with van der Waals surface area (Å²) in [5.74, 6) is 0. The number of carbonyl (C=O) groups is 1. The lowest BCUT2D eigenvalue weighted by Gasteiger charge is -2.20. The summed E-state index contributed by atoms with van der Waals surface area (Å²) in [7, 11) is 0. The molecule has 0 fully saturated rings. The SMILES string of the molecule is CCCCNC(C)c1ccc(NC(=O)OC(C)(C)C)cc1. The lowest BCUT2D eigenvalue weighted by molar-refractivity contribution is 0.0636. The molecule has 4 nitrogen and oxygen atoms in total. The van der Waals surface area contributed by atoms with Gasteiger partial charge in [0.2, 0.25) is 0 Å². The number of rotatable bonds is 6. The molecule has 4 heteroatoms. The number of hydrogen-bond donors (Lipinski definition) is 2. The molecular formula is C17H28N2O2. The second kappa shape index (κ2) is 8.03. The fraction of sp³-hybridized carbons (Fsp3) is 0.588. The fourth-order valence-corrected chi connectivity index (χ4v) is 1.89. The van der Waals surface area contributed by atoms with Crippen molar-refractivity contribution in [1.29, 1.82) is 0 Å². The van der Waals surface area contributed by atoms with Crippen molar-refractivity contribution in [2.24, 2.45) is 0 Å². The van der Waals surface area contributed by atoms with E-state index in [9.17, 15) is 4.79 Å². The maximum absolute atomic E-state index is 11.7. The van der Waals surface area contributed by atoms with Crippen LogP contribution in [-0.2, 0) is 4.74 Å². The Bertz CT molecular complexity index is 435. The zero-order chi connectivity index (χ0) is 15.9. The molecule has 21 heavy (non-hydrogen) atoms. The van der Waals surface area contributed by atoms with E-state index < -0.39 is 11.7 Å². The van der Waals surface area contributed by atoms with Gasteiger partial charge in [-0.1, -0.05) is 25.5 Å². The number of ether oxygens (including phenoxy) is 1. The second-order valence-electron chi connectivity index (χ2n) is 6.28. The molecule has 0 saturated heterocycles. The third-order valence-electron chi connectivity index (χ3n) is 3.04. The first-order chi connectivity index (χ1) is 9.81. The molecule has 1 aromatic carbocycles. The van der Waals surface area contributed by atoms with Crippen molar-refractivity contribution in [3.05, 3.63) is 29.8 Å². The van der Waals surface area contributed by atoms with Crippen molar-refractivity contribution >= 4 is 11.8 Å². The second-order valence-corrected chi connectivity index (χ2v) is 6.28. The first-order valence-electron chi connectivity index (χ1n) is 7.65. The minimum atomic E-state index is -0.484. The molecule has 0 aliphatic carbocycles. The molecule has 1 atom stereocenters. The lowest BCUT2D eigenvalue weighted by Crippen LogP contribution is -2.27. The summed E-state index contributed by atoms with van der Waals surface area (Å²) in [6, 6.07) is 8.16. The molecule has 0 heterocycles. The normalized spacial score (nSPS) is 12.8. The largest absolute Gasteiger partial charge is 0.444 e. The highest BCUT2D eigenvalue weighted by Crippen LogP contribution is 2.17. The molecule has 0 aliphatic rings. The number of carbonyl (C=O) groups excluding carboxylic acids is 1. The zero-order valence-electron chi connectivity index (χ0n) is 13.8. The molecule has 0 radical (unpaired) electrons. The van der Waals surface area contributed by atoms with E-state index in [4.69, 9.17) is 4.74 Å². The average Bonchev–Trinajstić information content (AvgIpc) is 2.37. The van der Waals surface area contributed by atoms with Crippen LogP contribution >= 0.6 is 0 Å². The minimum Gasteiger partial charge on any atom is -0.444 e. The van der Waals surface area contributed by atoms with E-state index in [0.29, 0.717) is 6.04 Å². The van der Waals surface area contributed by atoms with Gasteiger partial charge in [-0.05, 0) is 58.4 Å². The van der Waals surface area contributed by atoms with E-state index in [1.165, 1.54) is 18.4 Å². The molecule has 0 aromatic heterocycles. The van der Waals surface area contributed by atoms with Gasteiger partial charge in [0.05, 0.1) is 0 Å². The summed E-state index contributed by atoms with van der Waals surface area (Å²) in [5.41, 5.74) is 1.47. The maximum Gasteiger partial charge on any atom is 0.412 e. The highest BCUT2D eigenvalue weighted by Gasteiger charge is 2.16. The van der Waals surface area contributed by atoms with Crippen molar-refractivity contribution in [2.45, 2.75) is 59.1 Å². The Kier molecular flexibility index (Phi) is 6.69. The van der Waals surface area contributed by atoms with Crippen LogP contribution in [0.4, 0.5) is 10.5 Å². The van der Waals surface area contributed by atoms with E-state index in [1.807, 2.05) is 45.0 Å². The first-order valence-corrected chi connectivity index (χ1v) is 7.65. The molecular weight excluding hydrogens is 264 g/mol. The standard InChI is InChI=1S/C17H28N2O2/c1-6-7-12-18-13(2)14-8-10-15(11-9-14)19-16(20)21-17(3,4)5/h8-11,13,18H,6-7,12H2,1-5H3,(H,19,20). The predicted molar refractivity (Wildman–Crippen MR) is 87.6 cm³/mol. The van der Waals surface area contributed by atoms with E-state index >= 15 is 0 Å². The van der Waals surface area contributed by atoms with Crippen LogP contribution in [0.15, 0.2) is 24.3 Å². The van der Waals surface area contributed by atoms with E-state index in [2.05, 4.69) is 24.5 Å². The highest BCUT2D eigenvalue weighted by atomic mass is 16.6. The zero-order valence-corrected chi connectivity index (χ0v) is 13.8. The van der Waals surface area contributed by atoms with Gasteiger partial charge in [-0.25, -0.2) is 4.79 Å². The van der Waals surface area contributed by atoms with Gasteiger partial charge in [-0.3, -0.25) is 5.32 Å². The summed E-state index contributed by atoms with van der Waals surface area (Å²) in [6.45, 7) is 10.9. The molecule has 0 bridgehead atoms. The molecule has 1 amide bonds. The molecule has 118 valence electrons. The number of amides is 1. The molecule has 1 unspecified atom stereocenters. The van der Waals surface area contributed by atoms with Crippen LogP contribution in [0.1, 0.15) is 59.1 Å². The molecule has 0 aliphatic heterocycles. The van der Waals surface area contributed by atoms with Crippen LogP contribution in [0.3, 0.4) is 0 Å². The number of hydrogen-bond acceptors (Lipinski definition) is 3. The highest BCUT2D eigenvalue weighted by molar-refractivity contribution is 5.84. The van der Waals surface area contributed by atoms with Crippen LogP contribution in [0, 0.1) is 0 Å². The van der Waals surface area contributed by atoms with Gasteiger partial charge in [0, 0.05) is 11.7 Å². The fourth-order valence-electron chi connectivity index (χ4n) is 1.89. The number of unbranched alkanes of at least 4 members (excludes halogenated alkanes) is 1. The third kappa shape index (κ3) is 7.14. The van der Waals surface area contributed by atoms with E-state index in [-0.39, 0.29) is 0 Å². The first kappa shape index (κ1) is 17.5. The smallest absolute Gasteiger partial charge is 0.412 e. The Morgan fingerprint density at radius 1 is 1.24 bits per heavy atom. The van der Waals surface area contributed by atoms with Gasteiger partial charge in [-0.2, -0.15) is 0 Å². The lowest BCUT2D eigenvalue weighted by atomic mass is 10.1. The van der Waals surface area contributed by atoms with Gasteiger partial charge in [0.15, 0.2) is 0 Å². The number of anilines is 1. The van der Waals surface area contributed by atoms with Crippen molar-refractivity contribution in [3.8, 4) is 0 Å². The maximum atomic E-state index is 11.7. The third-order valence-corrected chi connectivity index (χ3v) is 3.04. The topological polar surface area (TPSA) is 50.4 Å². The van der Waals surface area contributed by atoms with Crippen LogP contribution in [-0.4, -0.2) is 18.2 Å². The molecule has 2 N–H and O–H groups in total. The Labute approximate surface area is 128 Å². The van der Waals surface area contributed by atoms with Crippen molar-refractivity contribution in [1.82, 2.24) is 5.32 Å².